The molecule has 152 valence electrons. The Morgan fingerprint density at radius 3 is 2.46 bits per heavy atom. The number of aryl methyl sites for hydroxylation is 4. The van der Waals surface area contributed by atoms with E-state index in [-0.39, 0.29) is 17.9 Å². The summed E-state index contributed by atoms with van der Waals surface area (Å²) in [5.74, 6) is -0.0209. The standard InChI is InChI=1S/C21H31N5O2/c1-15-13-18-19(14-16(15)2)26(21(28)17(3)23-18)7-5-20(27)22-6-8-25-11-9-24(4)10-12-25/h13-14H,5-12H2,1-4H3,(H,22,27). The number of nitrogens with zero attached hydrogens (tertiary/aromatic N) is 4. The van der Waals surface area contributed by atoms with Gasteiger partial charge in [-0.1, -0.05) is 0 Å². The molecule has 0 aliphatic carbocycles. The molecule has 0 bridgehead atoms. The number of aromatic nitrogens is 2. The number of piperazine rings is 1. The Balaban J connectivity index is 1.60. The summed E-state index contributed by atoms with van der Waals surface area (Å²) in [4.78, 5) is 34.0. The zero-order chi connectivity index (χ0) is 20.3. The number of fused-ring (bicyclic) bond motifs is 1. The number of carbonyl (C=O) groups excluding carboxylic acids is 1. The monoisotopic (exact) mass is 385 g/mol. The molecule has 3 rings (SSSR count). The predicted octanol–water partition coefficient (Wildman–Crippen LogP) is 1.08. The Morgan fingerprint density at radius 2 is 1.75 bits per heavy atom. The van der Waals surface area contributed by atoms with Gasteiger partial charge in [0.25, 0.3) is 5.56 Å². The van der Waals surface area contributed by atoms with Crippen molar-refractivity contribution in [1.82, 2.24) is 24.7 Å². The van der Waals surface area contributed by atoms with Crippen molar-refractivity contribution in [2.45, 2.75) is 33.7 Å². The second-order valence-electron chi connectivity index (χ2n) is 7.82. The predicted molar refractivity (Wildman–Crippen MR) is 112 cm³/mol. The summed E-state index contributed by atoms with van der Waals surface area (Å²) in [5.41, 5.74) is 4.20. The molecule has 7 heteroatoms. The summed E-state index contributed by atoms with van der Waals surface area (Å²) in [5, 5.41) is 2.99. The van der Waals surface area contributed by atoms with Gasteiger partial charge in [0, 0.05) is 52.2 Å². The van der Waals surface area contributed by atoms with Gasteiger partial charge in [-0.3, -0.25) is 14.5 Å². The summed E-state index contributed by atoms with van der Waals surface area (Å²) in [6, 6.07) is 3.99. The van der Waals surface area contributed by atoms with Crippen molar-refractivity contribution >= 4 is 16.9 Å². The second kappa shape index (κ2) is 8.84. The molecular weight excluding hydrogens is 354 g/mol. The van der Waals surface area contributed by atoms with E-state index in [0.717, 1.165) is 54.9 Å². The van der Waals surface area contributed by atoms with E-state index >= 15 is 0 Å². The van der Waals surface area contributed by atoms with E-state index in [1.807, 2.05) is 26.0 Å². The maximum Gasteiger partial charge on any atom is 0.272 e. The van der Waals surface area contributed by atoms with Gasteiger partial charge in [-0.2, -0.15) is 0 Å². The second-order valence-corrected chi connectivity index (χ2v) is 7.82. The number of carbonyl (C=O) groups is 1. The molecule has 1 fully saturated rings. The molecule has 0 radical (unpaired) electrons. The summed E-state index contributed by atoms with van der Waals surface area (Å²) in [6.07, 6.45) is 0.286. The summed E-state index contributed by atoms with van der Waals surface area (Å²) < 4.78 is 1.68. The van der Waals surface area contributed by atoms with Gasteiger partial charge in [-0.15, -0.1) is 0 Å². The normalized spacial score (nSPS) is 15.9. The van der Waals surface area contributed by atoms with E-state index in [1.54, 1.807) is 11.5 Å². The smallest absolute Gasteiger partial charge is 0.272 e. The molecule has 0 saturated carbocycles. The van der Waals surface area contributed by atoms with Gasteiger partial charge in [-0.25, -0.2) is 4.98 Å². The molecule has 0 spiro atoms. The molecule has 2 aromatic rings. The molecular formula is C21H31N5O2. The van der Waals surface area contributed by atoms with Gasteiger partial charge in [0.05, 0.1) is 11.0 Å². The Hall–Kier alpha value is -2.25. The third-order valence-corrected chi connectivity index (χ3v) is 5.63. The Kier molecular flexibility index (Phi) is 6.46. The average Bonchev–Trinajstić information content (AvgIpc) is 2.66. The minimum Gasteiger partial charge on any atom is -0.355 e. The largest absolute Gasteiger partial charge is 0.355 e. The number of benzene rings is 1. The molecule has 1 aliphatic heterocycles. The first kappa shape index (κ1) is 20.5. The quantitative estimate of drug-likeness (QED) is 0.806. The van der Waals surface area contributed by atoms with E-state index in [2.05, 4.69) is 27.1 Å². The number of hydrogen-bond donors (Lipinski definition) is 1. The lowest BCUT2D eigenvalue weighted by Crippen LogP contribution is -2.47. The van der Waals surface area contributed by atoms with Crippen LogP contribution in [0.5, 0.6) is 0 Å². The van der Waals surface area contributed by atoms with Crippen LogP contribution in [0.4, 0.5) is 0 Å². The third-order valence-electron chi connectivity index (χ3n) is 5.63. The van der Waals surface area contributed by atoms with Gasteiger partial charge in [0.1, 0.15) is 5.69 Å². The van der Waals surface area contributed by atoms with Crippen LogP contribution in [0.1, 0.15) is 23.2 Å². The highest BCUT2D eigenvalue weighted by Gasteiger charge is 2.14. The number of likely N-dealkylation sites (N-methyl/N-ethyl adjacent to an activating group) is 1. The first-order valence-electron chi connectivity index (χ1n) is 10.0. The van der Waals surface area contributed by atoms with Crippen LogP contribution < -0.4 is 10.9 Å². The lowest BCUT2D eigenvalue weighted by Gasteiger charge is -2.32. The van der Waals surface area contributed by atoms with Gasteiger partial charge in [0.2, 0.25) is 5.91 Å². The molecule has 2 heterocycles. The van der Waals surface area contributed by atoms with E-state index in [4.69, 9.17) is 0 Å². The fourth-order valence-corrected chi connectivity index (χ4v) is 3.57. The number of nitrogens with one attached hydrogen (secondary N) is 1. The van der Waals surface area contributed by atoms with Crippen LogP contribution in [0.3, 0.4) is 0 Å². The fourth-order valence-electron chi connectivity index (χ4n) is 3.57. The fraction of sp³-hybridized carbons (Fsp3) is 0.571. The van der Waals surface area contributed by atoms with Gasteiger partial charge in [0.15, 0.2) is 0 Å². The van der Waals surface area contributed by atoms with E-state index < -0.39 is 0 Å². The molecule has 1 amide bonds. The van der Waals surface area contributed by atoms with Crippen molar-refractivity contribution < 1.29 is 4.79 Å². The van der Waals surface area contributed by atoms with Crippen molar-refractivity contribution in [3.8, 4) is 0 Å². The maximum atomic E-state index is 12.6. The number of hydrogen-bond acceptors (Lipinski definition) is 5. The SMILES string of the molecule is Cc1cc2nc(C)c(=O)n(CCC(=O)NCCN3CCN(C)CC3)c2cc1C. The van der Waals surface area contributed by atoms with E-state index in [1.165, 1.54) is 0 Å². The number of rotatable bonds is 6. The molecule has 1 aromatic carbocycles. The van der Waals surface area contributed by atoms with E-state index in [0.29, 0.717) is 18.8 Å². The minimum absolute atomic E-state index is 0.0209. The molecule has 1 saturated heterocycles. The highest BCUT2D eigenvalue weighted by atomic mass is 16.2. The van der Waals surface area contributed by atoms with Crippen LogP contribution in [0.25, 0.3) is 11.0 Å². The van der Waals surface area contributed by atoms with Gasteiger partial charge < -0.3 is 14.8 Å². The van der Waals surface area contributed by atoms with Crippen LogP contribution in [-0.2, 0) is 11.3 Å². The van der Waals surface area contributed by atoms with Crippen LogP contribution in [0, 0.1) is 20.8 Å². The van der Waals surface area contributed by atoms with Crippen molar-refractivity contribution in [1.29, 1.82) is 0 Å². The zero-order valence-electron chi connectivity index (χ0n) is 17.4. The first-order chi connectivity index (χ1) is 13.3. The average molecular weight is 386 g/mol. The summed E-state index contributed by atoms with van der Waals surface area (Å²) >= 11 is 0. The molecule has 7 nitrogen and oxygen atoms in total. The Morgan fingerprint density at radius 1 is 1.07 bits per heavy atom. The Bertz CT molecular complexity index is 913. The van der Waals surface area contributed by atoms with Crippen molar-refractivity contribution in [2.24, 2.45) is 0 Å². The van der Waals surface area contributed by atoms with Crippen LogP contribution in [0.2, 0.25) is 0 Å². The highest BCUT2D eigenvalue weighted by Crippen LogP contribution is 2.17. The highest BCUT2D eigenvalue weighted by molar-refractivity contribution is 5.78. The lowest BCUT2D eigenvalue weighted by molar-refractivity contribution is -0.121. The molecule has 1 aromatic heterocycles. The van der Waals surface area contributed by atoms with Crippen molar-refractivity contribution in [3.63, 3.8) is 0 Å². The zero-order valence-corrected chi connectivity index (χ0v) is 17.4. The number of amides is 1. The molecule has 1 N–H and O–H groups in total. The van der Waals surface area contributed by atoms with E-state index in [9.17, 15) is 9.59 Å². The van der Waals surface area contributed by atoms with Crippen LogP contribution in [-0.4, -0.2) is 71.6 Å². The van der Waals surface area contributed by atoms with Gasteiger partial charge in [-0.05, 0) is 51.1 Å². The summed E-state index contributed by atoms with van der Waals surface area (Å²) in [7, 11) is 2.13. The van der Waals surface area contributed by atoms with Crippen LogP contribution in [0.15, 0.2) is 16.9 Å². The lowest BCUT2D eigenvalue weighted by atomic mass is 10.1. The Labute approximate surface area is 166 Å². The molecule has 0 unspecified atom stereocenters. The first-order valence-corrected chi connectivity index (χ1v) is 10.0. The van der Waals surface area contributed by atoms with Crippen molar-refractivity contribution in [3.05, 3.63) is 39.3 Å². The maximum absolute atomic E-state index is 12.6. The summed E-state index contributed by atoms with van der Waals surface area (Å²) in [6.45, 7) is 11.9. The molecule has 1 aliphatic rings. The topological polar surface area (TPSA) is 70.5 Å². The van der Waals surface area contributed by atoms with Gasteiger partial charge >= 0.3 is 0 Å². The molecule has 28 heavy (non-hydrogen) atoms. The molecule has 0 atom stereocenters. The van der Waals surface area contributed by atoms with Crippen molar-refractivity contribution in [2.75, 3.05) is 46.3 Å². The minimum atomic E-state index is -0.124. The van der Waals surface area contributed by atoms with Crippen LogP contribution >= 0.6 is 0 Å². The third kappa shape index (κ3) is 4.77.